The Labute approximate surface area is 105 Å². The van der Waals surface area contributed by atoms with Gasteiger partial charge in [0.05, 0.1) is 18.2 Å². The summed E-state index contributed by atoms with van der Waals surface area (Å²) in [6.07, 6.45) is -4.36. The van der Waals surface area contributed by atoms with Crippen LogP contribution in [0, 0.1) is 0 Å². The van der Waals surface area contributed by atoms with Crippen molar-refractivity contribution in [2.75, 3.05) is 12.4 Å². The summed E-state index contributed by atoms with van der Waals surface area (Å²) in [4.78, 5) is 11.4. The van der Waals surface area contributed by atoms with Crippen molar-refractivity contribution in [3.8, 4) is 0 Å². The molecule has 0 atom stereocenters. The van der Waals surface area contributed by atoms with Gasteiger partial charge in [0, 0.05) is 5.33 Å². The molecule has 6 heteroatoms. The highest BCUT2D eigenvalue weighted by Gasteiger charge is 2.34. The monoisotopic (exact) mass is 310 g/mol. The number of hydrogen-bond acceptors (Lipinski definition) is 2. The minimum atomic E-state index is -4.47. The molecule has 0 aromatic heterocycles. The van der Waals surface area contributed by atoms with Gasteiger partial charge in [-0.2, -0.15) is 13.2 Å². The van der Waals surface area contributed by atoms with Gasteiger partial charge >= 0.3 is 12.1 Å². The second-order valence-electron chi connectivity index (χ2n) is 3.26. The molecule has 0 saturated carbocycles. The molecule has 0 N–H and O–H groups in total. The normalized spacial score (nSPS) is 11.4. The molecule has 0 aliphatic carbocycles. The van der Waals surface area contributed by atoms with E-state index in [0.717, 1.165) is 13.2 Å². The van der Waals surface area contributed by atoms with Gasteiger partial charge in [0.25, 0.3) is 0 Å². The molecule has 2 nitrogen and oxygen atoms in total. The first-order chi connectivity index (χ1) is 7.91. The Morgan fingerprint density at radius 1 is 1.41 bits per heavy atom. The number of halogens is 4. The third-order valence-electron chi connectivity index (χ3n) is 2.23. The molecule has 0 aliphatic heterocycles. The van der Waals surface area contributed by atoms with E-state index in [1.165, 1.54) is 12.1 Å². The maximum Gasteiger partial charge on any atom is 0.416 e. The third kappa shape index (κ3) is 3.21. The number of carbonyl (C=O) groups is 1. The van der Waals surface area contributed by atoms with Gasteiger partial charge in [-0.25, -0.2) is 4.79 Å². The lowest BCUT2D eigenvalue weighted by Gasteiger charge is -2.15. The van der Waals surface area contributed by atoms with Crippen LogP contribution < -0.4 is 0 Å². The Balaban J connectivity index is 3.37. The highest BCUT2D eigenvalue weighted by Crippen LogP contribution is 2.34. The van der Waals surface area contributed by atoms with Crippen LogP contribution in [-0.4, -0.2) is 18.4 Å². The van der Waals surface area contributed by atoms with Crippen LogP contribution in [-0.2, 0) is 17.3 Å². The topological polar surface area (TPSA) is 26.3 Å². The van der Waals surface area contributed by atoms with E-state index in [1.54, 1.807) is 0 Å². The Bertz CT molecular complexity index is 416. The Morgan fingerprint density at radius 3 is 2.53 bits per heavy atom. The van der Waals surface area contributed by atoms with Crippen molar-refractivity contribution < 1.29 is 22.7 Å². The Morgan fingerprint density at radius 2 is 2.06 bits per heavy atom. The van der Waals surface area contributed by atoms with Crippen LogP contribution in [0.3, 0.4) is 0 Å². The molecule has 0 heterocycles. The molecular weight excluding hydrogens is 301 g/mol. The van der Waals surface area contributed by atoms with Gasteiger partial charge in [0.15, 0.2) is 0 Å². The summed E-state index contributed by atoms with van der Waals surface area (Å²) >= 11 is 3.07. The minimum absolute atomic E-state index is 0.0382. The highest BCUT2D eigenvalue weighted by atomic mass is 79.9. The fourth-order valence-electron chi connectivity index (χ4n) is 1.52. The van der Waals surface area contributed by atoms with Gasteiger partial charge in [-0.05, 0) is 24.1 Å². The predicted molar refractivity (Wildman–Crippen MR) is 60.3 cm³/mol. The van der Waals surface area contributed by atoms with Crippen molar-refractivity contribution in [2.45, 2.75) is 12.6 Å². The quantitative estimate of drug-likeness (QED) is 0.631. The standard InChI is InChI=1S/C11H10BrF3O2/c1-17-10(16)8-3-2-4-9(11(13,14)15)7(8)5-6-12/h2-4H,5-6H2,1H3. The molecule has 0 fully saturated rings. The number of alkyl halides is 4. The SMILES string of the molecule is COC(=O)c1cccc(C(F)(F)F)c1CCBr. The molecule has 0 spiro atoms. The van der Waals surface area contributed by atoms with Crippen LogP contribution in [0.4, 0.5) is 13.2 Å². The molecule has 0 bridgehead atoms. The first-order valence-corrected chi connectivity index (χ1v) is 5.87. The summed E-state index contributed by atoms with van der Waals surface area (Å²) in [6, 6.07) is 3.50. The zero-order chi connectivity index (χ0) is 13.1. The van der Waals surface area contributed by atoms with Crippen LogP contribution in [0.1, 0.15) is 21.5 Å². The summed E-state index contributed by atoms with van der Waals surface area (Å²) < 4.78 is 42.7. The molecule has 0 radical (unpaired) electrons. The minimum Gasteiger partial charge on any atom is -0.465 e. The van der Waals surface area contributed by atoms with Crippen molar-refractivity contribution >= 4 is 21.9 Å². The van der Waals surface area contributed by atoms with E-state index < -0.39 is 17.7 Å². The molecule has 0 unspecified atom stereocenters. The van der Waals surface area contributed by atoms with Crippen molar-refractivity contribution in [3.05, 3.63) is 34.9 Å². The van der Waals surface area contributed by atoms with E-state index >= 15 is 0 Å². The Hall–Kier alpha value is -1.04. The molecule has 1 aromatic rings. The summed E-state index contributed by atoms with van der Waals surface area (Å²) in [5, 5.41) is 0.337. The number of rotatable bonds is 3. The predicted octanol–water partition coefficient (Wildman–Crippen LogP) is 3.43. The van der Waals surface area contributed by atoms with E-state index in [9.17, 15) is 18.0 Å². The smallest absolute Gasteiger partial charge is 0.416 e. The van der Waals surface area contributed by atoms with Crippen LogP contribution in [0.15, 0.2) is 18.2 Å². The van der Waals surface area contributed by atoms with Gasteiger partial charge < -0.3 is 4.74 Å². The van der Waals surface area contributed by atoms with Crippen molar-refractivity contribution in [1.82, 2.24) is 0 Å². The summed E-state index contributed by atoms with van der Waals surface area (Å²) in [5.41, 5.74) is -0.870. The second kappa shape index (κ2) is 5.53. The zero-order valence-electron chi connectivity index (χ0n) is 8.97. The maximum absolute atomic E-state index is 12.8. The van der Waals surface area contributed by atoms with E-state index in [0.29, 0.717) is 5.33 Å². The third-order valence-corrected chi connectivity index (χ3v) is 2.63. The average molecular weight is 311 g/mol. The van der Waals surface area contributed by atoms with Gasteiger partial charge in [0.1, 0.15) is 0 Å². The number of hydrogen-bond donors (Lipinski definition) is 0. The number of methoxy groups -OCH3 is 1. The molecule has 17 heavy (non-hydrogen) atoms. The fraction of sp³-hybridized carbons (Fsp3) is 0.364. The van der Waals surface area contributed by atoms with Crippen LogP contribution in [0.25, 0.3) is 0 Å². The lowest BCUT2D eigenvalue weighted by molar-refractivity contribution is -0.138. The summed E-state index contributed by atoms with van der Waals surface area (Å²) in [6.45, 7) is 0. The van der Waals surface area contributed by atoms with E-state index in [4.69, 9.17) is 0 Å². The largest absolute Gasteiger partial charge is 0.465 e. The van der Waals surface area contributed by atoms with Gasteiger partial charge in [0.2, 0.25) is 0 Å². The number of esters is 1. The average Bonchev–Trinajstić information content (AvgIpc) is 2.27. The van der Waals surface area contributed by atoms with Gasteiger partial charge in [-0.15, -0.1) is 0 Å². The van der Waals surface area contributed by atoms with Gasteiger partial charge in [-0.3, -0.25) is 0 Å². The number of ether oxygens (including phenoxy) is 1. The van der Waals surface area contributed by atoms with E-state index in [2.05, 4.69) is 20.7 Å². The molecule has 94 valence electrons. The Kier molecular flexibility index (Phi) is 4.56. The number of benzene rings is 1. The van der Waals surface area contributed by atoms with E-state index in [1.807, 2.05) is 0 Å². The lowest BCUT2D eigenvalue weighted by atomic mass is 9.98. The summed E-state index contributed by atoms with van der Waals surface area (Å²) in [7, 11) is 1.14. The molecule has 0 amide bonds. The van der Waals surface area contributed by atoms with Crippen LogP contribution >= 0.6 is 15.9 Å². The van der Waals surface area contributed by atoms with Crippen LogP contribution in [0.2, 0.25) is 0 Å². The molecule has 0 aliphatic rings. The van der Waals surface area contributed by atoms with Crippen LogP contribution in [0.5, 0.6) is 0 Å². The van der Waals surface area contributed by atoms with E-state index in [-0.39, 0.29) is 17.5 Å². The maximum atomic E-state index is 12.8. The molecule has 0 saturated heterocycles. The second-order valence-corrected chi connectivity index (χ2v) is 4.05. The first kappa shape index (κ1) is 14.0. The highest BCUT2D eigenvalue weighted by molar-refractivity contribution is 9.09. The van der Waals surface area contributed by atoms with Crippen molar-refractivity contribution in [1.29, 1.82) is 0 Å². The zero-order valence-corrected chi connectivity index (χ0v) is 10.6. The van der Waals surface area contributed by atoms with Gasteiger partial charge in [-0.1, -0.05) is 22.0 Å². The summed E-state index contributed by atoms with van der Waals surface area (Å²) in [5.74, 6) is -0.757. The first-order valence-electron chi connectivity index (χ1n) is 4.75. The van der Waals surface area contributed by atoms with Crippen molar-refractivity contribution in [2.24, 2.45) is 0 Å². The van der Waals surface area contributed by atoms with Crippen molar-refractivity contribution in [3.63, 3.8) is 0 Å². The molecule has 1 rings (SSSR count). The lowest BCUT2D eigenvalue weighted by Crippen LogP contribution is -2.15. The fourth-order valence-corrected chi connectivity index (χ4v) is 1.91. The molecular formula is C11H10BrF3O2. The number of carbonyl (C=O) groups excluding carboxylic acids is 1. The molecule has 1 aromatic carbocycles.